The summed E-state index contributed by atoms with van der Waals surface area (Å²) in [5.74, 6) is 0.867. The van der Waals surface area contributed by atoms with Gasteiger partial charge in [-0.25, -0.2) is 4.98 Å². The van der Waals surface area contributed by atoms with Gasteiger partial charge in [-0.05, 0) is 42.8 Å². The lowest BCUT2D eigenvalue weighted by Gasteiger charge is -2.03. The van der Waals surface area contributed by atoms with Crippen molar-refractivity contribution in [1.82, 2.24) is 9.97 Å². The predicted molar refractivity (Wildman–Crippen MR) is 101 cm³/mol. The van der Waals surface area contributed by atoms with Crippen LogP contribution in [0.15, 0.2) is 40.9 Å². The molecule has 0 saturated heterocycles. The zero-order valence-electron chi connectivity index (χ0n) is 12.1. The molecule has 2 aromatic carbocycles. The molecule has 0 amide bonds. The molecule has 0 bridgehead atoms. The maximum atomic E-state index is 6.10. The van der Waals surface area contributed by atoms with Crippen LogP contribution in [0, 0.1) is 6.92 Å². The number of aryl methyl sites for hydroxylation is 1. The molecule has 1 N–H and O–H groups in total. The van der Waals surface area contributed by atoms with E-state index in [1.807, 2.05) is 37.3 Å². The second kappa shape index (κ2) is 6.86. The fourth-order valence-corrected chi connectivity index (χ4v) is 3.27. The van der Waals surface area contributed by atoms with E-state index in [0.29, 0.717) is 21.5 Å². The summed E-state index contributed by atoms with van der Waals surface area (Å²) in [6, 6.07) is 11.2. The average Bonchev–Trinajstić information content (AvgIpc) is 2.86. The van der Waals surface area contributed by atoms with Crippen LogP contribution >= 0.6 is 50.7 Å². The molecule has 23 heavy (non-hydrogen) atoms. The van der Waals surface area contributed by atoms with E-state index in [2.05, 4.69) is 20.9 Å². The van der Waals surface area contributed by atoms with Crippen molar-refractivity contribution in [2.24, 2.45) is 0 Å². The van der Waals surface area contributed by atoms with E-state index in [9.17, 15) is 0 Å². The average molecular weight is 431 g/mol. The number of halogens is 4. The lowest BCUT2D eigenvalue weighted by Crippen LogP contribution is -1.92. The number of nitrogens with zero attached hydrogens (tertiary/aromatic N) is 1. The fraction of sp³-hybridized carbons (Fsp3) is 0.118. The fourth-order valence-electron chi connectivity index (χ4n) is 2.39. The Morgan fingerprint density at radius 3 is 2.57 bits per heavy atom. The monoisotopic (exact) mass is 428 g/mol. The first kappa shape index (κ1) is 16.8. The molecule has 118 valence electrons. The van der Waals surface area contributed by atoms with Crippen molar-refractivity contribution >= 4 is 50.7 Å². The minimum atomic E-state index is 0.519. The van der Waals surface area contributed by atoms with Gasteiger partial charge in [0, 0.05) is 27.2 Å². The molecule has 1 aromatic heterocycles. The topological polar surface area (TPSA) is 28.7 Å². The lowest BCUT2D eigenvalue weighted by atomic mass is 10.1. The molecule has 3 rings (SSSR count). The Balaban J connectivity index is 1.94. The van der Waals surface area contributed by atoms with Crippen molar-refractivity contribution in [3.63, 3.8) is 0 Å². The minimum Gasteiger partial charge on any atom is -0.345 e. The van der Waals surface area contributed by atoms with Gasteiger partial charge in [0.05, 0.1) is 15.7 Å². The van der Waals surface area contributed by atoms with Crippen LogP contribution in [0.4, 0.5) is 0 Å². The van der Waals surface area contributed by atoms with Crippen molar-refractivity contribution in [2.75, 3.05) is 0 Å². The number of aromatic amines is 1. The molecule has 0 saturated carbocycles. The van der Waals surface area contributed by atoms with Crippen LogP contribution in [0.25, 0.3) is 11.3 Å². The third-order valence-corrected chi connectivity index (χ3v) is 5.24. The Hall–Kier alpha value is -1.000. The molecule has 0 atom stereocenters. The van der Waals surface area contributed by atoms with Crippen LogP contribution < -0.4 is 0 Å². The molecular weight excluding hydrogens is 418 g/mol. The number of hydrogen-bond donors (Lipinski definition) is 1. The Morgan fingerprint density at radius 2 is 1.83 bits per heavy atom. The van der Waals surface area contributed by atoms with E-state index < -0.39 is 0 Å². The summed E-state index contributed by atoms with van der Waals surface area (Å²) in [5.41, 5.74) is 3.87. The molecule has 0 aliphatic carbocycles. The van der Waals surface area contributed by atoms with Gasteiger partial charge in [0.2, 0.25) is 0 Å². The number of aromatic nitrogens is 2. The Labute approximate surface area is 157 Å². The summed E-state index contributed by atoms with van der Waals surface area (Å²) in [6.45, 7) is 1.99. The van der Waals surface area contributed by atoms with E-state index in [-0.39, 0.29) is 0 Å². The smallest absolute Gasteiger partial charge is 0.111 e. The maximum absolute atomic E-state index is 6.10. The highest BCUT2D eigenvalue weighted by molar-refractivity contribution is 9.10. The van der Waals surface area contributed by atoms with Gasteiger partial charge < -0.3 is 4.98 Å². The maximum Gasteiger partial charge on any atom is 0.111 e. The van der Waals surface area contributed by atoms with Crippen LogP contribution in [0.3, 0.4) is 0 Å². The molecule has 3 aromatic rings. The molecule has 2 nitrogen and oxygen atoms in total. The van der Waals surface area contributed by atoms with Crippen LogP contribution in [0.5, 0.6) is 0 Å². The molecule has 0 fully saturated rings. The van der Waals surface area contributed by atoms with Gasteiger partial charge in [-0.3, -0.25) is 0 Å². The molecule has 6 heteroatoms. The van der Waals surface area contributed by atoms with Crippen molar-refractivity contribution in [3.8, 4) is 11.3 Å². The molecule has 1 heterocycles. The standard InChI is InChI=1S/C17H12BrCl3N2/c1-9-17(10-2-5-14(20)15(21)7-10)23-16(22-9)8-11-6-12(19)3-4-13(11)18/h2-7H,8H2,1H3,(H,22,23). The van der Waals surface area contributed by atoms with Crippen molar-refractivity contribution in [1.29, 1.82) is 0 Å². The zero-order valence-corrected chi connectivity index (χ0v) is 16.0. The van der Waals surface area contributed by atoms with Crippen LogP contribution in [-0.4, -0.2) is 9.97 Å². The summed E-state index contributed by atoms with van der Waals surface area (Å²) < 4.78 is 1.01. The van der Waals surface area contributed by atoms with Gasteiger partial charge in [0.25, 0.3) is 0 Å². The van der Waals surface area contributed by atoms with Crippen LogP contribution in [0.2, 0.25) is 15.1 Å². The number of hydrogen-bond acceptors (Lipinski definition) is 1. The third kappa shape index (κ3) is 3.74. The molecule has 0 radical (unpaired) electrons. The van der Waals surface area contributed by atoms with Crippen LogP contribution in [0.1, 0.15) is 17.1 Å². The number of imidazole rings is 1. The number of rotatable bonds is 3. The number of H-pyrrole nitrogens is 1. The Kier molecular flexibility index (Phi) is 5.02. The number of nitrogens with one attached hydrogen (secondary N) is 1. The molecule has 0 aliphatic rings. The van der Waals surface area contributed by atoms with Gasteiger partial charge >= 0.3 is 0 Å². The van der Waals surface area contributed by atoms with E-state index >= 15 is 0 Å². The highest BCUT2D eigenvalue weighted by Gasteiger charge is 2.12. The molecule has 0 aliphatic heterocycles. The summed E-state index contributed by atoms with van der Waals surface area (Å²) in [4.78, 5) is 8.02. The zero-order chi connectivity index (χ0) is 16.6. The quantitative estimate of drug-likeness (QED) is 0.492. The van der Waals surface area contributed by atoms with Gasteiger partial charge in [-0.2, -0.15) is 0 Å². The number of benzene rings is 2. The van der Waals surface area contributed by atoms with Crippen molar-refractivity contribution in [3.05, 3.63) is 73.0 Å². The largest absolute Gasteiger partial charge is 0.345 e. The van der Waals surface area contributed by atoms with Gasteiger partial charge in [0.1, 0.15) is 5.82 Å². The Morgan fingerprint density at radius 1 is 1.04 bits per heavy atom. The summed E-state index contributed by atoms with van der Waals surface area (Å²) >= 11 is 21.7. The van der Waals surface area contributed by atoms with E-state index in [1.54, 1.807) is 6.07 Å². The molecule has 0 unspecified atom stereocenters. The normalized spacial score (nSPS) is 11.0. The highest BCUT2D eigenvalue weighted by Crippen LogP contribution is 2.30. The first-order valence-corrected chi connectivity index (χ1v) is 8.81. The summed E-state index contributed by atoms with van der Waals surface area (Å²) in [7, 11) is 0. The van der Waals surface area contributed by atoms with E-state index in [1.165, 1.54) is 0 Å². The van der Waals surface area contributed by atoms with Crippen molar-refractivity contribution < 1.29 is 0 Å². The minimum absolute atomic E-state index is 0.519. The highest BCUT2D eigenvalue weighted by atomic mass is 79.9. The third-order valence-electron chi connectivity index (χ3n) is 3.49. The first-order valence-electron chi connectivity index (χ1n) is 6.89. The molecule has 0 spiro atoms. The van der Waals surface area contributed by atoms with Crippen molar-refractivity contribution in [2.45, 2.75) is 13.3 Å². The summed E-state index contributed by atoms with van der Waals surface area (Å²) in [5, 5.41) is 1.76. The Bertz CT molecular complexity index is 874. The first-order chi connectivity index (χ1) is 10.9. The second-order valence-corrected chi connectivity index (χ2v) is 7.30. The van der Waals surface area contributed by atoms with Crippen LogP contribution in [-0.2, 0) is 6.42 Å². The summed E-state index contributed by atoms with van der Waals surface area (Å²) in [6.07, 6.45) is 0.656. The van der Waals surface area contributed by atoms with Gasteiger partial charge in [-0.1, -0.05) is 56.8 Å². The van der Waals surface area contributed by atoms with Gasteiger partial charge in [0.15, 0.2) is 0 Å². The van der Waals surface area contributed by atoms with E-state index in [0.717, 1.165) is 32.8 Å². The second-order valence-electron chi connectivity index (χ2n) is 5.20. The van der Waals surface area contributed by atoms with Gasteiger partial charge in [-0.15, -0.1) is 0 Å². The SMILES string of the molecule is Cc1[nH]c(Cc2cc(Cl)ccc2Br)nc1-c1ccc(Cl)c(Cl)c1. The molecular formula is C17H12BrCl3N2. The lowest BCUT2D eigenvalue weighted by molar-refractivity contribution is 1.01. The van der Waals surface area contributed by atoms with E-state index in [4.69, 9.17) is 39.8 Å². The predicted octanol–water partition coefficient (Wildman–Crippen LogP) is 6.70.